The number of aryl methyl sites for hydroxylation is 1. The van der Waals surface area contributed by atoms with Crippen LogP contribution >= 0.6 is 27.3 Å². The number of hydrogen-bond donors (Lipinski definition) is 0. The summed E-state index contributed by atoms with van der Waals surface area (Å²) in [5.74, 6) is 0.665. The molecule has 2 aromatic heterocycles. The highest BCUT2D eigenvalue weighted by atomic mass is 79.9. The zero-order valence-corrected chi connectivity index (χ0v) is 26.4. The van der Waals surface area contributed by atoms with Gasteiger partial charge < -0.3 is 23.8 Å². The first kappa shape index (κ1) is 29.8. The van der Waals surface area contributed by atoms with Crippen LogP contribution in [0.25, 0.3) is 10.2 Å². The monoisotopic (exact) mass is 649 g/mol. The van der Waals surface area contributed by atoms with Crippen LogP contribution in [0.2, 0.25) is 0 Å². The van der Waals surface area contributed by atoms with E-state index in [4.69, 9.17) is 18.9 Å². The molecule has 1 unspecified atom stereocenters. The standard InChI is InChI=1S/C29H36BrN3O7S/c1-17-23-25(34)33(18-14-31(15-18)28(36)40-29(2,3)4)27(35)32(26(23)41-24(17)30)16-22(39-19-10-12-38-13-11-19)20-8-6-7-9-21(20)37-5/h6-9,18-19,22H,10-16H2,1-5H3. The van der Waals surface area contributed by atoms with E-state index in [1.165, 1.54) is 20.8 Å². The Morgan fingerprint density at radius 1 is 1.17 bits per heavy atom. The molecule has 4 heterocycles. The Kier molecular flexibility index (Phi) is 8.66. The van der Waals surface area contributed by atoms with Gasteiger partial charge in [0.25, 0.3) is 5.56 Å². The van der Waals surface area contributed by atoms with E-state index in [9.17, 15) is 14.4 Å². The smallest absolute Gasteiger partial charge is 0.410 e. The van der Waals surface area contributed by atoms with Crippen molar-refractivity contribution in [3.8, 4) is 5.75 Å². The van der Waals surface area contributed by atoms with Crippen LogP contribution in [0.15, 0.2) is 37.6 Å². The molecule has 0 bridgehead atoms. The number of methoxy groups -OCH3 is 1. The average molecular weight is 651 g/mol. The highest BCUT2D eigenvalue weighted by molar-refractivity contribution is 9.11. The van der Waals surface area contributed by atoms with Crippen molar-refractivity contribution in [2.45, 2.75) is 70.9 Å². The van der Waals surface area contributed by atoms with Crippen molar-refractivity contribution in [1.29, 1.82) is 0 Å². The fourth-order valence-corrected chi connectivity index (χ4v) is 6.96. The number of rotatable bonds is 7. The van der Waals surface area contributed by atoms with Gasteiger partial charge in [0.2, 0.25) is 0 Å². The Morgan fingerprint density at radius 2 is 1.85 bits per heavy atom. The molecular weight excluding hydrogens is 614 g/mol. The fourth-order valence-electron chi connectivity index (χ4n) is 5.27. The van der Waals surface area contributed by atoms with Gasteiger partial charge in [-0.05, 0) is 68.1 Å². The summed E-state index contributed by atoms with van der Waals surface area (Å²) in [5.41, 5.74) is 0.184. The lowest BCUT2D eigenvalue weighted by molar-refractivity contribution is -0.0753. The number of aromatic nitrogens is 2. The van der Waals surface area contributed by atoms with Gasteiger partial charge in [0.15, 0.2) is 0 Å². The maximum Gasteiger partial charge on any atom is 0.410 e. The first-order chi connectivity index (χ1) is 19.5. The number of ether oxygens (including phenoxy) is 4. The van der Waals surface area contributed by atoms with Crippen molar-refractivity contribution in [2.24, 2.45) is 0 Å². The molecule has 2 fully saturated rings. The van der Waals surface area contributed by atoms with Crippen LogP contribution < -0.4 is 16.0 Å². The summed E-state index contributed by atoms with van der Waals surface area (Å²) in [6, 6.07) is 7.17. The minimum absolute atomic E-state index is 0.0402. The second-order valence-electron chi connectivity index (χ2n) is 11.5. The van der Waals surface area contributed by atoms with Gasteiger partial charge in [0, 0.05) is 31.9 Å². The van der Waals surface area contributed by atoms with Crippen molar-refractivity contribution in [3.05, 3.63) is 60.0 Å². The van der Waals surface area contributed by atoms with Gasteiger partial charge >= 0.3 is 11.8 Å². The van der Waals surface area contributed by atoms with E-state index < -0.39 is 29.5 Å². The maximum atomic E-state index is 14.2. The lowest BCUT2D eigenvalue weighted by Crippen LogP contribution is -2.57. The molecule has 222 valence electrons. The molecular formula is C29H36BrN3O7S. The summed E-state index contributed by atoms with van der Waals surface area (Å²) >= 11 is 4.94. The van der Waals surface area contributed by atoms with Crippen LogP contribution in [0, 0.1) is 6.92 Å². The van der Waals surface area contributed by atoms with E-state index in [2.05, 4.69) is 15.9 Å². The molecule has 2 aliphatic rings. The number of amides is 1. The Morgan fingerprint density at radius 3 is 2.51 bits per heavy atom. The van der Waals surface area contributed by atoms with Crippen molar-refractivity contribution in [2.75, 3.05) is 33.4 Å². The van der Waals surface area contributed by atoms with Crippen LogP contribution in [-0.4, -0.2) is 65.2 Å². The molecule has 3 aromatic rings. The Balaban J connectivity index is 1.56. The number of likely N-dealkylation sites (tertiary alicyclic amines) is 1. The molecule has 41 heavy (non-hydrogen) atoms. The number of benzene rings is 1. The van der Waals surface area contributed by atoms with Crippen LogP contribution in [-0.2, 0) is 20.8 Å². The number of para-hydroxylation sites is 1. The molecule has 12 heteroatoms. The normalized spacial score (nSPS) is 17.5. The topological polar surface area (TPSA) is 101 Å². The maximum absolute atomic E-state index is 14.2. The van der Waals surface area contributed by atoms with Crippen LogP contribution in [0.4, 0.5) is 4.79 Å². The van der Waals surface area contributed by atoms with Crippen LogP contribution in [0.1, 0.15) is 56.9 Å². The summed E-state index contributed by atoms with van der Waals surface area (Å²) in [6.45, 7) is 9.13. The van der Waals surface area contributed by atoms with Gasteiger partial charge in [0.1, 0.15) is 22.3 Å². The summed E-state index contributed by atoms with van der Waals surface area (Å²) in [6.07, 6.45) is 0.492. The third-order valence-corrected chi connectivity index (χ3v) is 9.61. The SMILES string of the molecule is COc1ccccc1C(Cn1c(=O)n(C2CN(C(=O)OC(C)(C)C)C2)c(=O)c2c(C)c(Br)sc21)OC1CCOCC1. The molecule has 0 aliphatic carbocycles. The molecule has 0 spiro atoms. The third kappa shape index (κ3) is 6.11. The van der Waals surface area contributed by atoms with E-state index in [1.807, 2.05) is 31.2 Å². The highest BCUT2D eigenvalue weighted by Crippen LogP contribution is 2.36. The lowest BCUT2D eigenvalue weighted by atomic mass is 10.1. The molecule has 5 rings (SSSR count). The number of carbonyl (C=O) groups is 1. The first-order valence-electron chi connectivity index (χ1n) is 13.8. The zero-order chi connectivity index (χ0) is 29.5. The second kappa shape index (κ2) is 11.9. The number of hydrogen-bond acceptors (Lipinski definition) is 8. The molecule has 1 aromatic carbocycles. The van der Waals surface area contributed by atoms with Crippen molar-refractivity contribution in [3.63, 3.8) is 0 Å². The minimum Gasteiger partial charge on any atom is -0.496 e. The predicted molar refractivity (Wildman–Crippen MR) is 160 cm³/mol. The van der Waals surface area contributed by atoms with Gasteiger partial charge in [0.05, 0.1) is 35.0 Å². The number of nitrogens with zero attached hydrogens (tertiary/aromatic N) is 3. The summed E-state index contributed by atoms with van der Waals surface area (Å²) in [5, 5.41) is 0.488. The second-order valence-corrected chi connectivity index (χ2v) is 13.8. The fraction of sp³-hybridized carbons (Fsp3) is 0.552. The Labute approximate surface area is 250 Å². The number of carbonyl (C=O) groups excluding carboxylic acids is 1. The molecule has 2 saturated heterocycles. The van der Waals surface area contributed by atoms with Gasteiger partial charge in [-0.2, -0.15) is 0 Å². The van der Waals surface area contributed by atoms with E-state index in [0.717, 1.165) is 27.8 Å². The van der Waals surface area contributed by atoms with Crippen LogP contribution in [0.3, 0.4) is 0 Å². The van der Waals surface area contributed by atoms with E-state index in [0.29, 0.717) is 29.2 Å². The predicted octanol–water partition coefficient (Wildman–Crippen LogP) is 5.03. The molecule has 0 radical (unpaired) electrons. The molecule has 2 aliphatic heterocycles. The van der Waals surface area contributed by atoms with E-state index >= 15 is 0 Å². The lowest BCUT2D eigenvalue weighted by Gasteiger charge is -2.40. The molecule has 10 nitrogen and oxygen atoms in total. The first-order valence-corrected chi connectivity index (χ1v) is 15.4. The van der Waals surface area contributed by atoms with Gasteiger partial charge in [-0.25, -0.2) is 9.59 Å². The largest absolute Gasteiger partial charge is 0.496 e. The van der Waals surface area contributed by atoms with Crippen molar-refractivity contribution in [1.82, 2.24) is 14.0 Å². The van der Waals surface area contributed by atoms with Gasteiger partial charge in [-0.3, -0.25) is 13.9 Å². The molecule has 0 saturated carbocycles. The molecule has 0 N–H and O–H groups in total. The third-order valence-electron chi connectivity index (χ3n) is 7.42. The average Bonchev–Trinajstić information content (AvgIpc) is 3.20. The molecule has 1 amide bonds. The Hall–Kier alpha value is -2.67. The summed E-state index contributed by atoms with van der Waals surface area (Å²) in [7, 11) is 1.61. The highest BCUT2D eigenvalue weighted by Gasteiger charge is 2.38. The molecule has 1 atom stereocenters. The zero-order valence-electron chi connectivity index (χ0n) is 24.0. The number of halogens is 1. The van der Waals surface area contributed by atoms with Crippen LogP contribution in [0.5, 0.6) is 5.75 Å². The number of fused-ring (bicyclic) bond motifs is 1. The summed E-state index contributed by atoms with van der Waals surface area (Å²) in [4.78, 5) is 42.6. The van der Waals surface area contributed by atoms with E-state index in [-0.39, 0.29) is 31.3 Å². The van der Waals surface area contributed by atoms with Gasteiger partial charge in [-0.1, -0.05) is 18.2 Å². The summed E-state index contributed by atoms with van der Waals surface area (Å²) < 4.78 is 27.0. The Bertz CT molecular complexity index is 1540. The quantitative estimate of drug-likeness (QED) is 0.354. The van der Waals surface area contributed by atoms with E-state index in [1.54, 1.807) is 32.4 Å². The number of thiophene rings is 1. The van der Waals surface area contributed by atoms with Crippen molar-refractivity contribution >= 4 is 43.6 Å². The minimum atomic E-state index is -0.636. The van der Waals surface area contributed by atoms with Crippen molar-refractivity contribution < 1.29 is 23.7 Å². The van der Waals surface area contributed by atoms with Gasteiger partial charge in [-0.15, -0.1) is 11.3 Å².